The van der Waals surface area contributed by atoms with E-state index in [1.807, 2.05) is 24.3 Å². The van der Waals surface area contributed by atoms with Gasteiger partial charge in [0, 0.05) is 32.5 Å². The molecule has 2 aromatic rings. The summed E-state index contributed by atoms with van der Waals surface area (Å²) in [7, 11) is 0. The van der Waals surface area contributed by atoms with Gasteiger partial charge in [0.15, 0.2) is 0 Å². The molecule has 0 aliphatic rings. The van der Waals surface area contributed by atoms with Gasteiger partial charge in [-0.15, -0.1) is 35.9 Å². The smallest absolute Gasteiger partial charge is 0.0531 e. The van der Waals surface area contributed by atoms with Crippen molar-refractivity contribution < 1.29 is 20.1 Å². The molecule has 0 spiro atoms. The fraction of sp³-hybridized carbons (Fsp3) is 0. The van der Waals surface area contributed by atoms with Crippen LogP contribution in [-0.4, -0.2) is 9.97 Å². The average molecular weight is 335 g/mol. The molecule has 0 fully saturated rings. The van der Waals surface area contributed by atoms with Crippen LogP contribution in [0.4, 0.5) is 0 Å². The van der Waals surface area contributed by atoms with Crippen LogP contribution in [0.5, 0.6) is 0 Å². The van der Waals surface area contributed by atoms with Crippen molar-refractivity contribution >= 4 is 0 Å². The van der Waals surface area contributed by atoms with Crippen LogP contribution in [0.25, 0.3) is 11.4 Å². The number of rotatable bonds is 1. The first-order valence-corrected chi connectivity index (χ1v) is 3.43. The first-order valence-electron chi connectivity index (χ1n) is 3.43. The van der Waals surface area contributed by atoms with E-state index >= 15 is 0 Å². The molecule has 0 aliphatic carbocycles. The van der Waals surface area contributed by atoms with Crippen LogP contribution < -0.4 is 0 Å². The molecule has 0 amide bonds. The van der Waals surface area contributed by atoms with Crippen LogP contribution in [0.3, 0.4) is 0 Å². The van der Waals surface area contributed by atoms with Crippen LogP contribution in [0.2, 0.25) is 0 Å². The number of benzene rings is 1. The van der Waals surface area contributed by atoms with Gasteiger partial charge in [0.05, 0.1) is 5.82 Å². The number of aromatic amines is 1. The van der Waals surface area contributed by atoms with Crippen molar-refractivity contribution in [2.75, 3.05) is 0 Å². The van der Waals surface area contributed by atoms with Crippen molar-refractivity contribution in [3.63, 3.8) is 0 Å². The van der Waals surface area contributed by atoms with Crippen molar-refractivity contribution in [2.45, 2.75) is 0 Å². The Bertz CT molecular complexity index is 316. The van der Waals surface area contributed by atoms with E-state index in [0.717, 1.165) is 11.4 Å². The zero-order chi connectivity index (χ0) is 7.52. The van der Waals surface area contributed by atoms with E-state index < -0.39 is 0 Å². The molecule has 1 aromatic carbocycles. The van der Waals surface area contributed by atoms with Gasteiger partial charge in [-0.3, -0.25) is 4.98 Å². The van der Waals surface area contributed by atoms with E-state index in [-0.39, 0.29) is 20.1 Å². The summed E-state index contributed by atoms with van der Waals surface area (Å²) in [5.74, 6) is 0.866. The summed E-state index contributed by atoms with van der Waals surface area (Å²) in [6.07, 6.45) is 3.53. The Morgan fingerprint density at radius 1 is 1.33 bits per heavy atom. The number of hydrogen-bond acceptors (Lipinski definition) is 1. The Morgan fingerprint density at radius 3 is 2.83 bits per heavy atom. The third-order valence-corrected chi connectivity index (χ3v) is 1.46. The van der Waals surface area contributed by atoms with Crippen molar-refractivity contribution in [2.24, 2.45) is 0 Å². The number of nitrogens with one attached hydrogen (secondary N) is 1. The second-order valence-electron chi connectivity index (χ2n) is 2.21. The molecule has 0 aliphatic heterocycles. The predicted molar refractivity (Wildman–Crippen MR) is 42.9 cm³/mol. The molecule has 12 heavy (non-hydrogen) atoms. The molecule has 0 bridgehead atoms. The van der Waals surface area contributed by atoms with Crippen LogP contribution in [0.15, 0.2) is 36.7 Å². The zero-order valence-corrected chi connectivity index (χ0v) is 8.64. The van der Waals surface area contributed by atoms with Gasteiger partial charge in [-0.25, -0.2) is 0 Å². The minimum atomic E-state index is 0. The fourth-order valence-electron chi connectivity index (χ4n) is 0.953. The molecule has 1 heterocycles. The van der Waals surface area contributed by atoms with Crippen LogP contribution >= 0.6 is 0 Å². The second-order valence-corrected chi connectivity index (χ2v) is 2.21. The standard InChI is InChI=1S/C9H7N2.Ir/c1-2-4-8(5-3-1)9-10-6-7-11-9;/h1-4,6-7H,(H,10,11);/q-1;. The molecule has 1 radical (unpaired) electrons. The maximum Gasteiger partial charge on any atom is 0.0531 e. The van der Waals surface area contributed by atoms with Gasteiger partial charge < -0.3 is 4.98 Å². The van der Waals surface area contributed by atoms with E-state index in [0.29, 0.717) is 0 Å². The molecule has 2 nitrogen and oxygen atoms in total. The summed E-state index contributed by atoms with van der Waals surface area (Å²) in [5.41, 5.74) is 0.998. The van der Waals surface area contributed by atoms with Gasteiger partial charge in [0.25, 0.3) is 0 Å². The molecule has 2 rings (SSSR count). The van der Waals surface area contributed by atoms with E-state index in [4.69, 9.17) is 0 Å². The van der Waals surface area contributed by atoms with Gasteiger partial charge in [-0.2, -0.15) is 0 Å². The molecule has 63 valence electrons. The summed E-state index contributed by atoms with van der Waals surface area (Å²) < 4.78 is 0. The average Bonchev–Trinajstić information content (AvgIpc) is 2.58. The normalized spacial score (nSPS) is 9.00. The monoisotopic (exact) mass is 336 g/mol. The molecule has 1 aromatic heterocycles. The van der Waals surface area contributed by atoms with Crippen LogP contribution in [0.1, 0.15) is 0 Å². The summed E-state index contributed by atoms with van der Waals surface area (Å²) in [4.78, 5) is 7.11. The molecule has 0 saturated carbocycles. The molecular formula is C9H7IrN2-. The van der Waals surface area contributed by atoms with E-state index in [9.17, 15) is 0 Å². The predicted octanol–water partition coefficient (Wildman–Crippen LogP) is 1.87. The van der Waals surface area contributed by atoms with Gasteiger partial charge >= 0.3 is 0 Å². The van der Waals surface area contributed by atoms with Gasteiger partial charge in [-0.1, -0.05) is 0 Å². The third-order valence-electron chi connectivity index (χ3n) is 1.46. The molecule has 0 saturated heterocycles. The largest absolute Gasteiger partial charge is 0.384 e. The Hall–Kier alpha value is -0.921. The maximum atomic E-state index is 4.10. The Labute approximate surface area is 84.4 Å². The molecule has 1 N–H and O–H groups in total. The SMILES string of the molecule is [Ir].[c-]1ccccc1-c1ncc[nH]1. The summed E-state index contributed by atoms with van der Waals surface area (Å²) >= 11 is 0. The summed E-state index contributed by atoms with van der Waals surface area (Å²) in [5, 5.41) is 0. The van der Waals surface area contributed by atoms with Crippen LogP contribution in [0, 0.1) is 6.07 Å². The van der Waals surface area contributed by atoms with E-state index in [1.54, 1.807) is 12.4 Å². The third kappa shape index (κ3) is 1.81. The number of H-pyrrole nitrogens is 1. The van der Waals surface area contributed by atoms with Gasteiger partial charge in [0.1, 0.15) is 0 Å². The number of imidazole rings is 1. The topological polar surface area (TPSA) is 28.7 Å². The Kier molecular flexibility index (Phi) is 3.20. The van der Waals surface area contributed by atoms with E-state index in [1.165, 1.54) is 0 Å². The molecular weight excluding hydrogens is 328 g/mol. The van der Waals surface area contributed by atoms with Crippen molar-refractivity contribution in [3.05, 3.63) is 42.7 Å². The quantitative estimate of drug-likeness (QED) is 0.792. The van der Waals surface area contributed by atoms with Gasteiger partial charge in [0.2, 0.25) is 0 Å². The maximum absolute atomic E-state index is 4.10. The van der Waals surface area contributed by atoms with Crippen molar-refractivity contribution in [3.8, 4) is 11.4 Å². The number of nitrogens with zero attached hydrogens (tertiary/aromatic N) is 1. The fourth-order valence-corrected chi connectivity index (χ4v) is 0.953. The minimum Gasteiger partial charge on any atom is -0.384 e. The van der Waals surface area contributed by atoms with E-state index in [2.05, 4.69) is 16.0 Å². The Morgan fingerprint density at radius 2 is 2.25 bits per heavy atom. The molecule has 3 heteroatoms. The molecule has 0 atom stereocenters. The number of hydrogen-bond donors (Lipinski definition) is 1. The zero-order valence-electron chi connectivity index (χ0n) is 6.24. The van der Waals surface area contributed by atoms with Gasteiger partial charge in [-0.05, 0) is 0 Å². The first kappa shape index (κ1) is 9.17. The summed E-state index contributed by atoms with van der Waals surface area (Å²) in [6, 6.07) is 10.8. The van der Waals surface area contributed by atoms with Crippen LogP contribution in [-0.2, 0) is 20.1 Å². The Balaban J connectivity index is 0.000000720. The molecule has 0 unspecified atom stereocenters. The number of aromatic nitrogens is 2. The van der Waals surface area contributed by atoms with Crippen molar-refractivity contribution in [1.82, 2.24) is 9.97 Å². The second kappa shape index (κ2) is 4.19. The summed E-state index contributed by atoms with van der Waals surface area (Å²) in [6.45, 7) is 0. The first-order chi connectivity index (χ1) is 5.47. The van der Waals surface area contributed by atoms with Crippen molar-refractivity contribution in [1.29, 1.82) is 0 Å². The minimum absolute atomic E-state index is 0.